The standard InChI is InChI=1S/C10H15N5S/c1-3-5-11-10(9-7-16-14-12-9)8-4-6-15(2)13-8/h4,6-7,10-11H,3,5H2,1-2H3. The van der Waals surface area contributed by atoms with E-state index in [0.29, 0.717) is 0 Å². The van der Waals surface area contributed by atoms with Crippen LogP contribution in [-0.2, 0) is 7.05 Å². The van der Waals surface area contributed by atoms with Crippen molar-refractivity contribution in [2.45, 2.75) is 19.4 Å². The zero-order valence-electron chi connectivity index (χ0n) is 9.42. The molecular formula is C10H15N5S. The predicted octanol–water partition coefficient (Wildman–Crippen LogP) is 1.36. The minimum Gasteiger partial charge on any atom is -0.304 e. The first-order chi connectivity index (χ1) is 7.81. The summed E-state index contributed by atoms with van der Waals surface area (Å²) in [6, 6.07) is 2.06. The molecule has 5 nitrogen and oxygen atoms in total. The summed E-state index contributed by atoms with van der Waals surface area (Å²) in [5.74, 6) is 0. The van der Waals surface area contributed by atoms with E-state index in [1.54, 1.807) is 4.68 Å². The van der Waals surface area contributed by atoms with E-state index in [0.717, 1.165) is 24.4 Å². The number of aryl methyl sites for hydroxylation is 1. The van der Waals surface area contributed by atoms with E-state index in [1.165, 1.54) is 11.5 Å². The van der Waals surface area contributed by atoms with Crippen molar-refractivity contribution in [3.8, 4) is 0 Å². The van der Waals surface area contributed by atoms with E-state index >= 15 is 0 Å². The molecule has 2 rings (SSSR count). The van der Waals surface area contributed by atoms with Gasteiger partial charge < -0.3 is 5.32 Å². The van der Waals surface area contributed by atoms with E-state index in [2.05, 4.69) is 26.9 Å². The minimum atomic E-state index is 0.0555. The first-order valence-electron chi connectivity index (χ1n) is 5.31. The summed E-state index contributed by atoms with van der Waals surface area (Å²) in [6.45, 7) is 3.08. The number of aromatic nitrogens is 4. The summed E-state index contributed by atoms with van der Waals surface area (Å²) in [5.41, 5.74) is 1.93. The van der Waals surface area contributed by atoms with E-state index < -0.39 is 0 Å². The highest BCUT2D eigenvalue weighted by molar-refractivity contribution is 7.03. The molecule has 2 aromatic rings. The van der Waals surface area contributed by atoms with Gasteiger partial charge in [-0.1, -0.05) is 11.4 Å². The molecule has 2 heterocycles. The third-order valence-corrected chi connectivity index (χ3v) is 2.82. The molecule has 1 unspecified atom stereocenters. The lowest BCUT2D eigenvalue weighted by molar-refractivity contribution is 0.563. The van der Waals surface area contributed by atoms with Crippen LogP contribution in [0.1, 0.15) is 30.8 Å². The molecule has 0 aliphatic rings. The van der Waals surface area contributed by atoms with Crippen LogP contribution in [0.2, 0.25) is 0 Å². The molecule has 2 aromatic heterocycles. The molecule has 86 valence electrons. The summed E-state index contributed by atoms with van der Waals surface area (Å²) in [7, 11) is 1.92. The fourth-order valence-corrected chi connectivity index (χ4v) is 2.01. The van der Waals surface area contributed by atoms with Crippen molar-refractivity contribution in [1.29, 1.82) is 0 Å². The zero-order chi connectivity index (χ0) is 11.4. The summed E-state index contributed by atoms with van der Waals surface area (Å²) >= 11 is 1.37. The first kappa shape index (κ1) is 11.2. The van der Waals surface area contributed by atoms with Gasteiger partial charge in [-0.05, 0) is 30.6 Å². The Kier molecular flexibility index (Phi) is 3.63. The summed E-state index contributed by atoms with van der Waals surface area (Å²) in [6.07, 6.45) is 3.02. The van der Waals surface area contributed by atoms with Crippen molar-refractivity contribution in [3.05, 3.63) is 29.0 Å². The van der Waals surface area contributed by atoms with Gasteiger partial charge in [-0.15, -0.1) is 5.10 Å². The van der Waals surface area contributed by atoms with Crippen LogP contribution in [0.4, 0.5) is 0 Å². The SMILES string of the molecule is CCCNC(c1csnn1)c1ccn(C)n1. The number of hydrogen-bond acceptors (Lipinski definition) is 5. The van der Waals surface area contributed by atoms with Gasteiger partial charge >= 0.3 is 0 Å². The molecule has 16 heavy (non-hydrogen) atoms. The summed E-state index contributed by atoms with van der Waals surface area (Å²) < 4.78 is 5.70. The molecule has 0 aliphatic heterocycles. The molecule has 0 saturated carbocycles. The molecule has 6 heteroatoms. The number of nitrogens with zero attached hydrogens (tertiary/aromatic N) is 4. The maximum absolute atomic E-state index is 4.41. The van der Waals surface area contributed by atoms with Crippen LogP contribution in [0.25, 0.3) is 0 Å². The van der Waals surface area contributed by atoms with E-state index in [4.69, 9.17) is 0 Å². The van der Waals surface area contributed by atoms with Gasteiger partial charge in [-0.25, -0.2) is 0 Å². The topological polar surface area (TPSA) is 55.6 Å². The van der Waals surface area contributed by atoms with Gasteiger partial charge in [-0.2, -0.15) is 5.10 Å². The van der Waals surface area contributed by atoms with Gasteiger partial charge in [0.1, 0.15) is 0 Å². The Balaban J connectivity index is 2.21. The molecule has 0 aliphatic carbocycles. The Morgan fingerprint density at radius 2 is 2.38 bits per heavy atom. The van der Waals surface area contributed by atoms with Crippen molar-refractivity contribution in [1.82, 2.24) is 24.7 Å². The second-order valence-corrected chi connectivity index (χ2v) is 4.24. The molecule has 0 radical (unpaired) electrons. The molecule has 0 spiro atoms. The Morgan fingerprint density at radius 1 is 1.50 bits per heavy atom. The zero-order valence-corrected chi connectivity index (χ0v) is 10.2. The Morgan fingerprint density at radius 3 is 2.94 bits per heavy atom. The highest BCUT2D eigenvalue weighted by Gasteiger charge is 2.18. The summed E-state index contributed by atoms with van der Waals surface area (Å²) in [5, 5.41) is 13.9. The number of nitrogens with one attached hydrogen (secondary N) is 1. The van der Waals surface area contributed by atoms with Gasteiger partial charge in [0.25, 0.3) is 0 Å². The highest BCUT2D eigenvalue weighted by Crippen LogP contribution is 2.18. The van der Waals surface area contributed by atoms with Crippen LogP contribution in [-0.4, -0.2) is 25.9 Å². The first-order valence-corrected chi connectivity index (χ1v) is 6.14. The maximum Gasteiger partial charge on any atom is 0.0986 e. The second-order valence-electron chi connectivity index (χ2n) is 3.63. The average molecular weight is 237 g/mol. The third kappa shape index (κ3) is 2.45. The lowest BCUT2D eigenvalue weighted by Gasteiger charge is -2.13. The normalized spacial score (nSPS) is 12.9. The number of rotatable bonds is 5. The van der Waals surface area contributed by atoms with Crippen molar-refractivity contribution in [2.75, 3.05) is 6.54 Å². The Bertz CT molecular complexity index is 422. The minimum absolute atomic E-state index is 0.0555. The van der Waals surface area contributed by atoms with Crippen LogP contribution in [0, 0.1) is 0 Å². The fraction of sp³-hybridized carbons (Fsp3) is 0.500. The lowest BCUT2D eigenvalue weighted by Crippen LogP contribution is -2.24. The van der Waals surface area contributed by atoms with Crippen molar-refractivity contribution < 1.29 is 0 Å². The van der Waals surface area contributed by atoms with Crippen LogP contribution >= 0.6 is 11.5 Å². The van der Waals surface area contributed by atoms with E-state index in [9.17, 15) is 0 Å². The van der Waals surface area contributed by atoms with Crippen LogP contribution in [0.15, 0.2) is 17.6 Å². The van der Waals surface area contributed by atoms with Crippen molar-refractivity contribution in [3.63, 3.8) is 0 Å². The Hall–Kier alpha value is -1.27. The van der Waals surface area contributed by atoms with Crippen molar-refractivity contribution >= 4 is 11.5 Å². The highest BCUT2D eigenvalue weighted by atomic mass is 32.1. The van der Waals surface area contributed by atoms with Crippen LogP contribution in [0.5, 0.6) is 0 Å². The molecule has 0 fully saturated rings. The van der Waals surface area contributed by atoms with E-state index in [1.807, 2.05) is 24.7 Å². The van der Waals surface area contributed by atoms with Gasteiger partial charge in [0.2, 0.25) is 0 Å². The second kappa shape index (κ2) is 5.18. The van der Waals surface area contributed by atoms with Gasteiger partial charge in [0, 0.05) is 18.6 Å². The van der Waals surface area contributed by atoms with Crippen molar-refractivity contribution in [2.24, 2.45) is 7.05 Å². The molecule has 1 N–H and O–H groups in total. The van der Waals surface area contributed by atoms with Crippen LogP contribution < -0.4 is 5.32 Å². The van der Waals surface area contributed by atoms with Crippen LogP contribution in [0.3, 0.4) is 0 Å². The molecule has 0 saturated heterocycles. The fourth-order valence-electron chi connectivity index (χ4n) is 1.53. The average Bonchev–Trinajstić information content (AvgIpc) is 2.91. The van der Waals surface area contributed by atoms with Gasteiger partial charge in [-0.3, -0.25) is 4.68 Å². The monoisotopic (exact) mass is 237 g/mol. The third-order valence-electron chi connectivity index (χ3n) is 2.30. The van der Waals surface area contributed by atoms with E-state index in [-0.39, 0.29) is 6.04 Å². The molecule has 0 bridgehead atoms. The summed E-state index contributed by atoms with van der Waals surface area (Å²) in [4.78, 5) is 0. The molecule has 1 atom stereocenters. The largest absolute Gasteiger partial charge is 0.304 e. The predicted molar refractivity (Wildman–Crippen MR) is 63.3 cm³/mol. The van der Waals surface area contributed by atoms with Gasteiger partial charge in [0.15, 0.2) is 0 Å². The Labute approximate surface area is 98.7 Å². The smallest absolute Gasteiger partial charge is 0.0986 e. The lowest BCUT2D eigenvalue weighted by atomic mass is 10.1. The number of hydrogen-bond donors (Lipinski definition) is 1. The molecular weight excluding hydrogens is 222 g/mol. The maximum atomic E-state index is 4.41. The molecule has 0 aromatic carbocycles. The van der Waals surface area contributed by atoms with Gasteiger partial charge in [0.05, 0.1) is 17.4 Å². The molecule has 0 amide bonds. The quantitative estimate of drug-likeness (QED) is 0.853.